The van der Waals surface area contributed by atoms with E-state index in [1.54, 1.807) is 9.80 Å². The summed E-state index contributed by atoms with van der Waals surface area (Å²) >= 11 is 0. The van der Waals surface area contributed by atoms with E-state index < -0.39 is 36.4 Å². The lowest BCUT2D eigenvalue weighted by Gasteiger charge is -2.53. The Morgan fingerprint density at radius 3 is 0.855 bits per heavy atom. The van der Waals surface area contributed by atoms with Crippen molar-refractivity contribution in [2.45, 2.75) is 185 Å². The van der Waals surface area contributed by atoms with Crippen molar-refractivity contribution in [1.82, 2.24) is 9.80 Å². The van der Waals surface area contributed by atoms with Crippen LogP contribution in [0, 0.1) is 10.8 Å². The highest BCUT2D eigenvalue weighted by Gasteiger charge is 2.48. The number of nitrogens with zero attached hydrogens (tertiary/aromatic N) is 2. The molecule has 8 aromatic carbocycles. The quantitative estimate of drug-likeness (QED) is 0.0207. The molecule has 1 aliphatic carbocycles. The second-order valence-electron chi connectivity index (χ2n) is 33.9. The van der Waals surface area contributed by atoms with Crippen LogP contribution in [-0.2, 0) is 40.6 Å². The lowest BCUT2D eigenvalue weighted by molar-refractivity contribution is -0.175. The predicted molar refractivity (Wildman–Crippen MR) is 424 cm³/mol. The van der Waals surface area contributed by atoms with Crippen LogP contribution >= 0.6 is 0 Å². The van der Waals surface area contributed by atoms with Crippen molar-refractivity contribution in [3.8, 4) is 46.0 Å². The van der Waals surface area contributed by atoms with Crippen LogP contribution in [-0.4, -0.2) is 171 Å². The Labute approximate surface area is 650 Å². The van der Waals surface area contributed by atoms with Gasteiger partial charge in [0.25, 0.3) is 0 Å². The molecule has 0 bridgehead atoms. The zero-order valence-corrected chi connectivity index (χ0v) is 66.0. The van der Waals surface area contributed by atoms with Crippen LogP contribution < -0.4 is 37.9 Å². The molecule has 0 aromatic heterocycles. The molecule has 4 saturated heterocycles. The summed E-state index contributed by atoms with van der Waals surface area (Å²) in [7, 11) is 0. The maximum Gasteiger partial charge on any atom is 0.144 e. The minimum atomic E-state index is -1.27. The molecule has 0 radical (unpaired) electrons. The smallest absolute Gasteiger partial charge is 0.144 e. The van der Waals surface area contributed by atoms with Crippen LogP contribution in [0.1, 0.15) is 153 Å². The van der Waals surface area contributed by atoms with E-state index in [4.69, 9.17) is 56.8 Å². The molecule has 10 atom stereocenters. The first-order chi connectivity index (χ1) is 52.6. The fraction of sp³-hybridized carbons (Fsp3) is 0.478. The molecular formula is C92H114N2O16. The van der Waals surface area contributed by atoms with Crippen molar-refractivity contribution in [3.05, 3.63) is 239 Å². The van der Waals surface area contributed by atoms with Gasteiger partial charge in [0.2, 0.25) is 0 Å². The van der Waals surface area contributed by atoms with E-state index in [-0.39, 0.29) is 97.3 Å². The molecule has 588 valence electrons. The third-order valence-electron chi connectivity index (χ3n) is 22.9. The van der Waals surface area contributed by atoms with Crippen molar-refractivity contribution in [3.63, 3.8) is 0 Å². The summed E-state index contributed by atoms with van der Waals surface area (Å²) < 4.78 is 70.8. The first kappa shape index (κ1) is 79.8. The van der Waals surface area contributed by atoms with Crippen molar-refractivity contribution >= 4 is 0 Å². The highest BCUT2D eigenvalue weighted by atomic mass is 16.6. The summed E-state index contributed by atoms with van der Waals surface area (Å²) in [6.45, 7) is 29.5. The van der Waals surface area contributed by atoms with Gasteiger partial charge in [-0.1, -0.05) is 173 Å². The molecule has 10 unspecified atom stereocenters. The normalized spacial score (nSPS) is 21.3. The van der Waals surface area contributed by atoms with E-state index in [0.717, 1.165) is 93.9 Å². The Hall–Kier alpha value is -8.24. The first-order valence-corrected chi connectivity index (χ1v) is 39.2. The fourth-order valence-corrected chi connectivity index (χ4v) is 15.7. The summed E-state index contributed by atoms with van der Waals surface area (Å²) in [5, 5.41) is 50.6. The lowest BCUT2D eigenvalue weighted by atomic mass is 9.62. The summed E-state index contributed by atoms with van der Waals surface area (Å²) in [6, 6.07) is 64.5. The Balaban J connectivity index is 0.711. The third kappa shape index (κ3) is 21.1. The summed E-state index contributed by atoms with van der Waals surface area (Å²) in [6.07, 6.45) is -2.10. The van der Waals surface area contributed by atoms with Gasteiger partial charge < -0.3 is 77.3 Å². The molecule has 1 saturated carbocycles. The molecule has 4 heterocycles. The van der Waals surface area contributed by atoms with Gasteiger partial charge in [-0.15, -0.1) is 0 Å². The monoisotopic (exact) mass is 1500 g/mol. The SMILES string of the molecule is CC1(C)CC(N(C(O)CCOc2ccc(C(C)(C)c3ccc(OCC4CO4)cc3)cc2)C(O)COc2ccc(C(C)(C)c3ccc(OCC4CO4)cc3)cc2)CC(C)(CN(C(O)CCOc2ccc(C(C)(C)c3ccc(OCC4CO4)cc3)cc2)C(O)COc2ccc(C(C)(C)c3ccc(OCC4CO4)cc3)cc2)C1. The number of benzene rings is 8. The van der Waals surface area contributed by atoms with Crippen LogP contribution in [0.4, 0.5) is 0 Å². The molecule has 5 fully saturated rings. The predicted octanol–water partition coefficient (Wildman–Crippen LogP) is 15.0. The number of epoxide rings is 4. The highest BCUT2D eigenvalue weighted by molar-refractivity contribution is 5.46. The lowest BCUT2D eigenvalue weighted by Crippen LogP contribution is -2.59. The van der Waals surface area contributed by atoms with Gasteiger partial charge in [-0.2, -0.15) is 0 Å². The van der Waals surface area contributed by atoms with Gasteiger partial charge in [-0.3, -0.25) is 0 Å². The fourth-order valence-electron chi connectivity index (χ4n) is 15.7. The minimum absolute atomic E-state index is 0.147. The molecule has 5 aliphatic rings. The molecule has 13 rings (SSSR count). The van der Waals surface area contributed by atoms with Gasteiger partial charge in [0.1, 0.15) is 135 Å². The summed E-state index contributed by atoms with van der Waals surface area (Å²) in [5.41, 5.74) is 6.61. The Kier molecular flexibility index (Phi) is 25.0. The van der Waals surface area contributed by atoms with E-state index in [9.17, 15) is 20.4 Å². The van der Waals surface area contributed by atoms with Gasteiger partial charge in [0.05, 0.1) is 39.6 Å². The first-order valence-electron chi connectivity index (χ1n) is 39.2. The Morgan fingerprint density at radius 2 is 0.582 bits per heavy atom. The second kappa shape index (κ2) is 34.4. The molecule has 0 amide bonds. The molecule has 18 nitrogen and oxygen atoms in total. The molecule has 8 aromatic rings. The van der Waals surface area contributed by atoms with Gasteiger partial charge >= 0.3 is 0 Å². The van der Waals surface area contributed by atoms with E-state index in [2.05, 4.69) is 173 Å². The topological polar surface area (TPSA) is 211 Å². The number of aliphatic hydroxyl groups excluding tert-OH is 4. The van der Waals surface area contributed by atoms with Crippen molar-refractivity contribution < 1.29 is 77.3 Å². The van der Waals surface area contributed by atoms with E-state index >= 15 is 0 Å². The summed E-state index contributed by atoms with van der Waals surface area (Å²) in [4.78, 5) is 3.52. The minimum Gasteiger partial charge on any atom is -0.493 e. The number of hydrogen-bond donors (Lipinski definition) is 4. The van der Waals surface area contributed by atoms with Crippen LogP contribution in [0.25, 0.3) is 0 Å². The third-order valence-corrected chi connectivity index (χ3v) is 22.9. The van der Waals surface area contributed by atoms with Crippen molar-refractivity contribution in [1.29, 1.82) is 0 Å². The zero-order chi connectivity index (χ0) is 77.4. The van der Waals surface area contributed by atoms with Gasteiger partial charge in [-0.05, 0) is 172 Å². The molecule has 4 N–H and O–H groups in total. The van der Waals surface area contributed by atoms with Gasteiger partial charge in [0.15, 0.2) is 0 Å². The average molecular weight is 1500 g/mol. The highest BCUT2D eigenvalue weighted by Crippen LogP contribution is 2.50. The van der Waals surface area contributed by atoms with Crippen LogP contribution in [0.3, 0.4) is 0 Å². The van der Waals surface area contributed by atoms with Gasteiger partial charge in [0, 0.05) is 47.1 Å². The number of rotatable bonds is 41. The largest absolute Gasteiger partial charge is 0.493 e. The second-order valence-corrected chi connectivity index (χ2v) is 33.9. The molecular weight excluding hydrogens is 1390 g/mol. The number of hydrogen-bond acceptors (Lipinski definition) is 18. The molecule has 4 aliphatic heterocycles. The maximum absolute atomic E-state index is 12.7. The number of aliphatic hydroxyl groups is 4. The number of ether oxygens (including phenoxy) is 12. The van der Waals surface area contributed by atoms with E-state index in [1.807, 2.05) is 97.1 Å². The zero-order valence-electron chi connectivity index (χ0n) is 66.0. The van der Waals surface area contributed by atoms with Crippen LogP contribution in [0.2, 0.25) is 0 Å². The standard InChI is InChI=1S/C92H114N2O16/c1-87(2)48-70(94(86(98)59-110-78-42-26-69(27-43-78)91(9,10)67-22-38-76(39-23-67)104-53-82-57-108-82)84(96)45-47-100-72-30-14-63(15-31-72)89(5,6)65-18-34-74(35-19-65)102-51-80-55-106-80)49-92(11,60-87)61-93(85(97)58-109-77-40-24-68(25-41-77)90(7,8)66-20-36-75(37-21-66)103-52-81-56-107-81)83(95)44-46-99-71-28-12-62(13-29-71)88(3,4)64-16-32-73(33-17-64)101-50-79-54-105-79/h12-43,70,79-86,95-98H,44-61H2,1-11H3. The average Bonchev–Trinajstić information content (AvgIpc) is 1.45. The van der Waals surface area contributed by atoms with Crippen LogP contribution in [0.15, 0.2) is 194 Å². The molecule has 110 heavy (non-hydrogen) atoms. The van der Waals surface area contributed by atoms with Crippen molar-refractivity contribution in [2.75, 3.05) is 85.8 Å². The van der Waals surface area contributed by atoms with Gasteiger partial charge in [-0.25, -0.2) is 9.80 Å². The van der Waals surface area contributed by atoms with Crippen molar-refractivity contribution in [2.24, 2.45) is 10.8 Å². The van der Waals surface area contributed by atoms with E-state index in [1.165, 1.54) is 0 Å². The van der Waals surface area contributed by atoms with E-state index in [0.29, 0.717) is 68.7 Å². The maximum atomic E-state index is 12.7. The molecule has 18 heteroatoms. The Morgan fingerprint density at radius 1 is 0.336 bits per heavy atom. The van der Waals surface area contributed by atoms with Crippen LogP contribution in [0.5, 0.6) is 46.0 Å². The molecule has 0 spiro atoms. The summed E-state index contributed by atoms with van der Waals surface area (Å²) in [5.74, 6) is 5.66. The Bertz CT molecular complexity index is 4200.